The Kier molecular flexibility index (Phi) is 1.62. The molecule has 0 bridgehead atoms. The van der Waals surface area contributed by atoms with Crippen molar-refractivity contribution >= 4 is 28.9 Å². The van der Waals surface area contributed by atoms with Gasteiger partial charge in [-0.1, -0.05) is 11.6 Å². The Hall–Kier alpha value is -1.29. The molecule has 1 amide bonds. The zero-order valence-electron chi connectivity index (χ0n) is 6.10. The van der Waals surface area contributed by atoms with Gasteiger partial charge in [0.1, 0.15) is 5.15 Å². The Bertz CT molecular complexity index is 339. The summed E-state index contributed by atoms with van der Waals surface area (Å²) in [6.45, 7) is 0.285. The molecule has 1 aromatic heterocycles. The Morgan fingerprint density at radius 1 is 1.50 bits per heavy atom. The number of pyridine rings is 1. The van der Waals surface area contributed by atoms with E-state index in [2.05, 4.69) is 15.6 Å². The highest BCUT2D eigenvalue weighted by Gasteiger charge is 2.13. The number of anilines is 2. The highest BCUT2D eigenvalue weighted by atomic mass is 35.5. The van der Waals surface area contributed by atoms with E-state index in [1.807, 2.05) is 0 Å². The van der Waals surface area contributed by atoms with Crippen LogP contribution in [0.25, 0.3) is 0 Å². The Labute approximate surface area is 73.9 Å². The summed E-state index contributed by atoms with van der Waals surface area (Å²) in [5, 5.41) is 6.00. The molecule has 2 N–H and O–H groups in total. The van der Waals surface area contributed by atoms with Crippen LogP contribution in [-0.4, -0.2) is 17.4 Å². The highest BCUT2D eigenvalue weighted by Crippen LogP contribution is 2.25. The van der Waals surface area contributed by atoms with Crippen molar-refractivity contribution in [2.45, 2.75) is 0 Å². The summed E-state index contributed by atoms with van der Waals surface area (Å²) in [5.74, 6) is -0.0633. The van der Waals surface area contributed by atoms with E-state index < -0.39 is 0 Å². The van der Waals surface area contributed by atoms with E-state index in [9.17, 15) is 4.79 Å². The lowest BCUT2D eigenvalue weighted by Gasteiger charge is -2.17. The predicted molar refractivity (Wildman–Crippen MR) is 46.4 cm³/mol. The number of rotatable bonds is 0. The van der Waals surface area contributed by atoms with Gasteiger partial charge in [-0.2, -0.15) is 0 Å². The zero-order chi connectivity index (χ0) is 8.55. The van der Waals surface area contributed by atoms with Crippen LogP contribution in [0.1, 0.15) is 0 Å². The molecule has 0 atom stereocenters. The Morgan fingerprint density at radius 2 is 2.33 bits per heavy atom. The number of fused-ring (bicyclic) bond motifs is 1. The van der Waals surface area contributed by atoms with Crippen molar-refractivity contribution in [3.05, 3.63) is 17.4 Å². The largest absolute Gasteiger partial charge is 0.374 e. The number of amides is 1. The van der Waals surface area contributed by atoms with Crippen LogP contribution < -0.4 is 10.6 Å². The molecule has 5 heteroatoms. The summed E-state index contributed by atoms with van der Waals surface area (Å²) >= 11 is 5.65. The molecular weight excluding hydrogens is 178 g/mol. The minimum atomic E-state index is -0.0633. The molecule has 0 aromatic carbocycles. The van der Waals surface area contributed by atoms with Gasteiger partial charge in [-0.15, -0.1) is 0 Å². The van der Waals surface area contributed by atoms with Gasteiger partial charge in [0.05, 0.1) is 24.1 Å². The van der Waals surface area contributed by atoms with Crippen LogP contribution in [0.4, 0.5) is 11.4 Å². The number of carbonyl (C=O) groups is 1. The molecule has 2 rings (SSSR count). The topological polar surface area (TPSA) is 54.0 Å². The first kappa shape index (κ1) is 7.36. The zero-order valence-corrected chi connectivity index (χ0v) is 6.85. The first-order valence-electron chi connectivity index (χ1n) is 3.45. The second kappa shape index (κ2) is 2.64. The number of carbonyl (C=O) groups excluding carboxylic acids is 1. The fourth-order valence-electron chi connectivity index (χ4n) is 1.05. The molecule has 1 aliphatic rings. The first-order valence-corrected chi connectivity index (χ1v) is 3.83. The van der Waals surface area contributed by atoms with Crippen molar-refractivity contribution in [3.8, 4) is 0 Å². The van der Waals surface area contributed by atoms with Crippen LogP contribution in [0, 0.1) is 0 Å². The first-order chi connectivity index (χ1) is 5.75. The number of nitrogens with zero attached hydrogens (tertiary/aromatic N) is 1. The van der Waals surface area contributed by atoms with E-state index in [4.69, 9.17) is 11.6 Å². The van der Waals surface area contributed by atoms with Gasteiger partial charge in [0.2, 0.25) is 5.91 Å². The molecule has 4 nitrogen and oxygen atoms in total. The molecule has 12 heavy (non-hydrogen) atoms. The lowest BCUT2D eigenvalue weighted by Crippen LogP contribution is -2.27. The molecular formula is C7H6ClN3O. The molecule has 0 fully saturated rings. The van der Waals surface area contributed by atoms with E-state index in [-0.39, 0.29) is 12.5 Å². The van der Waals surface area contributed by atoms with Gasteiger partial charge in [0, 0.05) is 6.07 Å². The van der Waals surface area contributed by atoms with Crippen LogP contribution in [0.3, 0.4) is 0 Å². The van der Waals surface area contributed by atoms with Crippen LogP contribution in [0.2, 0.25) is 5.15 Å². The van der Waals surface area contributed by atoms with Crippen molar-refractivity contribution in [2.75, 3.05) is 17.2 Å². The second-order valence-electron chi connectivity index (χ2n) is 2.45. The van der Waals surface area contributed by atoms with Gasteiger partial charge >= 0.3 is 0 Å². The Morgan fingerprint density at radius 3 is 3.17 bits per heavy atom. The predicted octanol–water partition coefficient (Wildman–Crippen LogP) is 1.10. The van der Waals surface area contributed by atoms with Gasteiger partial charge in [0.15, 0.2) is 0 Å². The van der Waals surface area contributed by atoms with E-state index in [0.717, 1.165) is 5.69 Å². The lowest BCUT2D eigenvalue weighted by molar-refractivity contribution is -0.114. The molecule has 1 aromatic rings. The summed E-state index contributed by atoms with van der Waals surface area (Å²) < 4.78 is 0. The van der Waals surface area contributed by atoms with Gasteiger partial charge in [-0.25, -0.2) is 4.98 Å². The molecule has 0 unspecified atom stereocenters. The van der Waals surface area contributed by atoms with E-state index in [0.29, 0.717) is 10.8 Å². The van der Waals surface area contributed by atoms with Crippen LogP contribution in [-0.2, 0) is 4.79 Å². The molecule has 0 aliphatic carbocycles. The molecule has 0 spiro atoms. The molecule has 2 heterocycles. The quantitative estimate of drug-likeness (QED) is 0.593. The number of halogens is 1. The highest BCUT2D eigenvalue weighted by molar-refractivity contribution is 6.29. The number of nitrogens with one attached hydrogen (secondary N) is 2. The van der Waals surface area contributed by atoms with Crippen molar-refractivity contribution in [2.24, 2.45) is 0 Å². The maximum Gasteiger partial charge on any atom is 0.243 e. The van der Waals surface area contributed by atoms with E-state index in [1.54, 1.807) is 6.07 Å². The van der Waals surface area contributed by atoms with Crippen molar-refractivity contribution in [3.63, 3.8) is 0 Å². The van der Waals surface area contributed by atoms with Crippen molar-refractivity contribution in [1.29, 1.82) is 0 Å². The summed E-state index contributed by atoms with van der Waals surface area (Å²) in [5.41, 5.74) is 1.49. The lowest BCUT2D eigenvalue weighted by atomic mass is 10.3. The third kappa shape index (κ3) is 1.21. The summed E-state index contributed by atoms with van der Waals surface area (Å²) in [7, 11) is 0. The maximum absolute atomic E-state index is 10.9. The van der Waals surface area contributed by atoms with Crippen LogP contribution in [0.5, 0.6) is 0 Å². The summed E-state index contributed by atoms with van der Waals surface area (Å²) in [6, 6.07) is 1.68. The van der Waals surface area contributed by atoms with Gasteiger partial charge < -0.3 is 10.6 Å². The molecule has 0 radical (unpaired) electrons. The van der Waals surface area contributed by atoms with Gasteiger partial charge in [-0.05, 0) is 0 Å². The van der Waals surface area contributed by atoms with E-state index >= 15 is 0 Å². The monoisotopic (exact) mass is 183 g/mol. The maximum atomic E-state index is 10.9. The Balaban J connectivity index is 2.43. The minimum Gasteiger partial charge on any atom is -0.374 e. The summed E-state index contributed by atoms with van der Waals surface area (Å²) in [6.07, 6.45) is 1.53. The standard InChI is InChI=1S/C7H6ClN3O/c8-6-1-4-5(2-10-6)11-7(12)3-9-4/h1-2,9H,3H2,(H,11,12). The minimum absolute atomic E-state index is 0.0633. The van der Waals surface area contributed by atoms with E-state index in [1.165, 1.54) is 6.20 Å². The average Bonchev–Trinajstić information content (AvgIpc) is 2.05. The molecule has 62 valence electrons. The average molecular weight is 184 g/mol. The molecule has 0 saturated carbocycles. The SMILES string of the molecule is O=C1CNc2cc(Cl)ncc2N1. The number of hydrogen-bond acceptors (Lipinski definition) is 3. The van der Waals surface area contributed by atoms with Crippen molar-refractivity contribution in [1.82, 2.24) is 4.98 Å². The number of aromatic nitrogens is 1. The number of hydrogen-bond donors (Lipinski definition) is 2. The van der Waals surface area contributed by atoms with Gasteiger partial charge in [0.25, 0.3) is 0 Å². The molecule has 1 aliphatic heterocycles. The smallest absolute Gasteiger partial charge is 0.243 e. The summed E-state index contributed by atoms with van der Waals surface area (Å²) in [4.78, 5) is 14.7. The van der Waals surface area contributed by atoms with Crippen LogP contribution in [0.15, 0.2) is 12.3 Å². The van der Waals surface area contributed by atoms with Crippen molar-refractivity contribution < 1.29 is 4.79 Å². The second-order valence-corrected chi connectivity index (χ2v) is 2.84. The normalized spacial score (nSPS) is 14.6. The third-order valence-corrected chi connectivity index (χ3v) is 1.79. The van der Waals surface area contributed by atoms with Gasteiger partial charge in [-0.3, -0.25) is 4.79 Å². The fraction of sp³-hybridized carbons (Fsp3) is 0.143. The third-order valence-electron chi connectivity index (χ3n) is 1.58. The van der Waals surface area contributed by atoms with Crippen LogP contribution >= 0.6 is 11.6 Å². The molecule has 0 saturated heterocycles. The fourth-order valence-corrected chi connectivity index (χ4v) is 1.20.